The van der Waals surface area contributed by atoms with Crippen LogP contribution >= 0.6 is 23.8 Å². The topological polar surface area (TPSA) is 87.7 Å². The Labute approximate surface area is 218 Å². The number of nitrogens with one attached hydrogen (secondary N) is 2. The molecule has 3 amide bonds. The van der Waals surface area contributed by atoms with Crippen molar-refractivity contribution in [2.75, 3.05) is 16.8 Å². The van der Waals surface area contributed by atoms with Gasteiger partial charge in [0.05, 0.1) is 5.69 Å². The van der Waals surface area contributed by atoms with Crippen LogP contribution in [-0.4, -0.2) is 29.4 Å². The number of halogens is 1. The molecule has 0 aliphatic carbocycles. The van der Waals surface area contributed by atoms with Gasteiger partial charge in [0.1, 0.15) is 11.3 Å². The lowest BCUT2D eigenvalue weighted by Crippen LogP contribution is -2.54. The van der Waals surface area contributed by atoms with Gasteiger partial charge in [0, 0.05) is 16.3 Å². The molecule has 0 spiro atoms. The van der Waals surface area contributed by atoms with Crippen LogP contribution in [0.1, 0.15) is 16.7 Å². The Hall–Kier alpha value is -4.01. The average Bonchev–Trinajstić information content (AvgIpc) is 2.84. The number of thiocarbonyl (C=S) groups is 1. The molecule has 0 bridgehead atoms. The first-order valence-electron chi connectivity index (χ1n) is 11.0. The molecule has 1 heterocycles. The van der Waals surface area contributed by atoms with E-state index in [1.807, 2.05) is 38.1 Å². The zero-order valence-corrected chi connectivity index (χ0v) is 21.1. The summed E-state index contributed by atoms with van der Waals surface area (Å²) in [6.07, 6.45) is 1.37. The minimum atomic E-state index is -0.643. The molecule has 3 aromatic carbocycles. The van der Waals surface area contributed by atoms with Crippen LogP contribution in [0.25, 0.3) is 6.08 Å². The van der Waals surface area contributed by atoms with E-state index < -0.39 is 11.8 Å². The number of hydrogen-bond donors (Lipinski definition) is 2. The summed E-state index contributed by atoms with van der Waals surface area (Å²) in [6.45, 7) is 3.55. The molecule has 182 valence electrons. The molecule has 0 radical (unpaired) electrons. The first-order valence-corrected chi connectivity index (χ1v) is 11.8. The number of hydrogen-bond acceptors (Lipinski definition) is 5. The summed E-state index contributed by atoms with van der Waals surface area (Å²) in [5.41, 5.74) is 3.37. The monoisotopic (exact) mass is 519 g/mol. The number of aryl methyl sites for hydroxylation is 2. The van der Waals surface area contributed by atoms with Crippen molar-refractivity contribution >= 4 is 64.1 Å². The van der Waals surface area contributed by atoms with Gasteiger partial charge in [-0.25, -0.2) is 0 Å². The van der Waals surface area contributed by atoms with Crippen LogP contribution in [0.2, 0.25) is 5.02 Å². The van der Waals surface area contributed by atoms with Gasteiger partial charge in [0.2, 0.25) is 0 Å². The first kappa shape index (κ1) is 25.1. The number of amides is 3. The van der Waals surface area contributed by atoms with Gasteiger partial charge in [-0.05, 0) is 79.7 Å². The largest absolute Gasteiger partial charge is 0.483 e. The summed E-state index contributed by atoms with van der Waals surface area (Å²) >= 11 is 11.4. The second-order valence-corrected chi connectivity index (χ2v) is 8.95. The lowest BCUT2D eigenvalue weighted by Gasteiger charge is -2.29. The number of carbonyl (C=O) groups is 3. The summed E-state index contributed by atoms with van der Waals surface area (Å²) in [4.78, 5) is 39.7. The minimum Gasteiger partial charge on any atom is -0.483 e. The van der Waals surface area contributed by atoms with Crippen molar-refractivity contribution in [3.8, 4) is 5.75 Å². The highest BCUT2D eigenvalue weighted by Crippen LogP contribution is 2.28. The van der Waals surface area contributed by atoms with Gasteiger partial charge in [0.15, 0.2) is 11.7 Å². The van der Waals surface area contributed by atoms with Gasteiger partial charge in [0.25, 0.3) is 17.7 Å². The molecule has 36 heavy (non-hydrogen) atoms. The third-order valence-electron chi connectivity index (χ3n) is 5.41. The molecule has 0 unspecified atom stereocenters. The third-order valence-corrected chi connectivity index (χ3v) is 5.93. The van der Waals surface area contributed by atoms with E-state index in [-0.39, 0.29) is 28.9 Å². The Morgan fingerprint density at radius 3 is 2.58 bits per heavy atom. The number of carbonyl (C=O) groups excluding carboxylic acids is 3. The molecular formula is C27H22ClN3O4S. The van der Waals surface area contributed by atoms with E-state index in [4.69, 9.17) is 28.6 Å². The van der Waals surface area contributed by atoms with Gasteiger partial charge < -0.3 is 10.1 Å². The van der Waals surface area contributed by atoms with Crippen molar-refractivity contribution in [1.29, 1.82) is 0 Å². The summed E-state index contributed by atoms with van der Waals surface area (Å²) in [6, 6.07) is 19.2. The van der Waals surface area contributed by atoms with Gasteiger partial charge in [-0.2, -0.15) is 0 Å². The Balaban J connectivity index is 1.58. The second-order valence-electron chi connectivity index (χ2n) is 8.13. The number of benzene rings is 3. The first-order chi connectivity index (χ1) is 17.2. The predicted octanol–water partition coefficient (Wildman–Crippen LogP) is 4.81. The maximum Gasteiger partial charge on any atom is 0.270 e. The van der Waals surface area contributed by atoms with Gasteiger partial charge >= 0.3 is 0 Å². The van der Waals surface area contributed by atoms with E-state index in [1.54, 1.807) is 42.5 Å². The number of ether oxygens (including phenoxy) is 1. The average molecular weight is 520 g/mol. The van der Waals surface area contributed by atoms with Crippen LogP contribution in [0.15, 0.2) is 72.3 Å². The highest BCUT2D eigenvalue weighted by atomic mass is 35.5. The highest BCUT2D eigenvalue weighted by Gasteiger charge is 2.34. The van der Waals surface area contributed by atoms with Crippen molar-refractivity contribution in [3.05, 3.63) is 94.0 Å². The molecule has 0 atom stereocenters. The number of nitrogens with zero attached hydrogens (tertiary/aromatic N) is 1. The van der Waals surface area contributed by atoms with E-state index in [0.29, 0.717) is 22.0 Å². The fourth-order valence-corrected chi connectivity index (χ4v) is 4.05. The van der Waals surface area contributed by atoms with Gasteiger partial charge in [-0.1, -0.05) is 41.9 Å². The van der Waals surface area contributed by atoms with Crippen LogP contribution < -0.4 is 20.3 Å². The van der Waals surface area contributed by atoms with Crippen molar-refractivity contribution in [2.24, 2.45) is 0 Å². The Kier molecular flexibility index (Phi) is 7.47. The van der Waals surface area contributed by atoms with E-state index in [2.05, 4.69) is 10.6 Å². The number of para-hydroxylation sites is 1. The van der Waals surface area contributed by atoms with Gasteiger partial charge in [-0.3, -0.25) is 24.6 Å². The third kappa shape index (κ3) is 5.62. The zero-order chi connectivity index (χ0) is 25.8. The molecule has 1 aliphatic heterocycles. The minimum absolute atomic E-state index is 0.0148. The maximum atomic E-state index is 13.2. The number of anilines is 2. The Bertz CT molecular complexity index is 1410. The van der Waals surface area contributed by atoms with Crippen LogP contribution in [0.5, 0.6) is 5.75 Å². The van der Waals surface area contributed by atoms with E-state index in [9.17, 15) is 14.4 Å². The fraction of sp³-hybridized carbons (Fsp3) is 0.111. The maximum absolute atomic E-state index is 13.2. The Morgan fingerprint density at radius 1 is 1.08 bits per heavy atom. The molecule has 0 saturated carbocycles. The Morgan fingerprint density at radius 2 is 1.83 bits per heavy atom. The lowest BCUT2D eigenvalue weighted by molar-refractivity contribution is -0.122. The lowest BCUT2D eigenvalue weighted by atomic mass is 10.1. The molecule has 7 nitrogen and oxygen atoms in total. The summed E-state index contributed by atoms with van der Waals surface area (Å²) in [5, 5.41) is 5.73. The molecule has 3 aromatic rings. The second kappa shape index (κ2) is 10.7. The smallest absolute Gasteiger partial charge is 0.270 e. The standard InChI is InChI=1S/C27H22ClN3O4S/c1-16-8-9-17(2)22(12-16)29-24(32)15-35-23-11-10-19(28)13-18(23)14-21-25(33)30-27(36)31(26(21)34)20-6-4-3-5-7-20/h3-14H,15H2,1-2H3,(H,29,32)(H,30,33,36)/b21-14-. The molecule has 1 saturated heterocycles. The summed E-state index contributed by atoms with van der Waals surface area (Å²) in [5.74, 6) is -1.31. The molecule has 9 heteroatoms. The molecule has 4 rings (SSSR count). The van der Waals surface area contributed by atoms with Crippen molar-refractivity contribution in [3.63, 3.8) is 0 Å². The molecule has 0 aromatic heterocycles. The fourth-order valence-electron chi connectivity index (χ4n) is 3.59. The summed E-state index contributed by atoms with van der Waals surface area (Å²) in [7, 11) is 0. The molecule has 1 fully saturated rings. The number of rotatable bonds is 6. The quantitative estimate of drug-likeness (QED) is 0.277. The van der Waals surface area contributed by atoms with Crippen LogP contribution in [0.4, 0.5) is 11.4 Å². The summed E-state index contributed by atoms with van der Waals surface area (Å²) < 4.78 is 5.74. The van der Waals surface area contributed by atoms with Crippen molar-refractivity contribution in [2.45, 2.75) is 13.8 Å². The van der Waals surface area contributed by atoms with Crippen molar-refractivity contribution < 1.29 is 19.1 Å². The van der Waals surface area contributed by atoms with Crippen LogP contribution in [0.3, 0.4) is 0 Å². The van der Waals surface area contributed by atoms with Crippen LogP contribution in [0, 0.1) is 13.8 Å². The SMILES string of the molecule is Cc1ccc(C)c(NC(=O)COc2ccc(Cl)cc2/C=C2/C(=O)NC(=S)N(c3ccccc3)C2=O)c1. The zero-order valence-electron chi connectivity index (χ0n) is 19.5. The molecule has 2 N–H and O–H groups in total. The van der Waals surface area contributed by atoms with Crippen LogP contribution in [-0.2, 0) is 14.4 Å². The predicted molar refractivity (Wildman–Crippen MR) is 144 cm³/mol. The van der Waals surface area contributed by atoms with E-state index in [1.165, 1.54) is 11.0 Å². The normalized spacial score (nSPS) is 14.6. The van der Waals surface area contributed by atoms with E-state index >= 15 is 0 Å². The van der Waals surface area contributed by atoms with E-state index in [0.717, 1.165) is 11.1 Å². The van der Waals surface area contributed by atoms with Gasteiger partial charge in [-0.15, -0.1) is 0 Å². The van der Waals surface area contributed by atoms with Crippen molar-refractivity contribution in [1.82, 2.24) is 5.32 Å². The molecule has 1 aliphatic rings. The molecular weight excluding hydrogens is 498 g/mol. The highest BCUT2D eigenvalue weighted by molar-refractivity contribution is 7.80.